The highest BCUT2D eigenvalue weighted by Crippen LogP contribution is 2.16. The first-order chi connectivity index (χ1) is 12.5. The second-order valence-electron chi connectivity index (χ2n) is 4.89. The number of nitrogens with one attached hydrogen (secondary N) is 2. The van der Waals surface area contributed by atoms with E-state index in [-0.39, 0.29) is 11.6 Å². The first-order valence-corrected chi connectivity index (χ1v) is 8.09. The number of amides is 2. The largest absolute Gasteiger partial charge is 0.476 e. The first-order valence-electron chi connectivity index (χ1n) is 7.21. The summed E-state index contributed by atoms with van der Waals surface area (Å²) in [6.45, 7) is 0. The summed E-state index contributed by atoms with van der Waals surface area (Å²) in [4.78, 5) is 47.0. The third-order valence-electron chi connectivity index (χ3n) is 3.15. The zero-order valence-corrected chi connectivity index (χ0v) is 13.9. The maximum absolute atomic E-state index is 12.3. The van der Waals surface area contributed by atoms with Gasteiger partial charge in [-0.3, -0.25) is 14.9 Å². The van der Waals surface area contributed by atoms with E-state index in [1.165, 1.54) is 29.8 Å². The fourth-order valence-electron chi connectivity index (χ4n) is 2.04. The fourth-order valence-corrected chi connectivity index (χ4v) is 2.57. The summed E-state index contributed by atoms with van der Waals surface area (Å²) >= 11 is 1.28. The van der Waals surface area contributed by atoms with Crippen LogP contribution in [-0.4, -0.2) is 37.8 Å². The number of benzene rings is 1. The van der Waals surface area contributed by atoms with E-state index in [4.69, 9.17) is 5.11 Å². The number of carboxylic acid groups (broad SMARTS) is 1. The van der Waals surface area contributed by atoms with E-state index in [9.17, 15) is 14.4 Å². The third kappa shape index (κ3) is 3.87. The SMILES string of the molecule is O=C(Nc1nccs1)c1cccc(NC(=O)c2nccnc2C(=O)O)c1. The molecule has 0 aliphatic rings. The Morgan fingerprint density at radius 2 is 1.69 bits per heavy atom. The average molecular weight is 369 g/mol. The Hall–Kier alpha value is -3.66. The van der Waals surface area contributed by atoms with Gasteiger partial charge in [0, 0.05) is 35.2 Å². The lowest BCUT2D eigenvalue weighted by Gasteiger charge is -2.08. The Balaban J connectivity index is 1.78. The van der Waals surface area contributed by atoms with Crippen LogP contribution < -0.4 is 10.6 Å². The molecule has 10 heteroatoms. The van der Waals surface area contributed by atoms with Gasteiger partial charge in [-0.2, -0.15) is 0 Å². The molecule has 3 N–H and O–H groups in total. The van der Waals surface area contributed by atoms with Gasteiger partial charge < -0.3 is 10.4 Å². The molecule has 0 saturated carbocycles. The summed E-state index contributed by atoms with van der Waals surface area (Å²) in [7, 11) is 0. The summed E-state index contributed by atoms with van der Waals surface area (Å²) in [6, 6.07) is 6.18. The van der Waals surface area contributed by atoms with Crippen molar-refractivity contribution >= 4 is 39.9 Å². The van der Waals surface area contributed by atoms with Crippen molar-refractivity contribution in [2.24, 2.45) is 0 Å². The second kappa shape index (κ2) is 7.49. The summed E-state index contributed by atoms with van der Waals surface area (Å²) in [5.74, 6) is -2.49. The van der Waals surface area contributed by atoms with Gasteiger partial charge in [-0.1, -0.05) is 6.07 Å². The summed E-state index contributed by atoms with van der Waals surface area (Å²) in [5, 5.41) is 16.4. The van der Waals surface area contributed by atoms with Crippen molar-refractivity contribution in [3.8, 4) is 0 Å². The van der Waals surface area contributed by atoms with E-state index >= 15 is 0 Å². The van der Waals surface area contributed by atoms with E-state index in [0.717, 1.165) is 0 Å². The molecule has 0 bridgehead atoms. The molecule has 0 saturated heterocycles. The molecule has 0 aliphatic heterocycles. The van der Waals surface area contributed by atoms with Gasteiger partial charge in [-0.25, -0.2) is 19.7 Å². The van der Waals surface area contributed by atoms with Crippen LogP contribution >= 0.6 is 11.3 Å². The number of aromatic nitrogens is 3. The molecular weight excluding hydrogens is 358 g/mol. The van der Waals surface area contributed by atoms with E-state index in [1.54, 1.807) is 29.8 Å². The Morgan fingerprint density at radius 1 is 0.923 bits per heavy atom. The molecule has 2 heterocycles. The summed E-state index contributed by atoms with van der Waals surface area (Å²) < 4.78 is 0. The maximum atomic E-state index is 12.3. The lowest BCUT2D eigenvalue weighted by atomic mass is 10.2. The Kier molecular flexibility index (Phi) is 4.94. The molecule has 2 amide bonds. The highest BCUT2D eigenvalue weighted by atomic mass is 32.1. The molecule has 2 aromatic heterocycles. The molecule has 0 fully saturated rings. The van der Waals surface area contributed by atoms with Crippen molar-refractivity contribution in [1.29, 1.82) is 0 Å². The van der Waals surface area contributed by atoms with Crippen molar-refractivity contribution in [2.45, 2.75) is 0 Å². The molecule has 3 rings (SSSR count). The van der Waals surface area contributed by atoms with Crippen molar-refractivity contribution in [2.75, 3.05) is 10.6 Å². The van der Waals surface area contributed by atoms with Crippen LogP contribution in [0.4, 0.5) is 10.8 Å². The molecule has 9 nitrogen and oxygen atoms in total. The predicted molar refractivity (Wildman–Crippen MR) is 93.5 cm³/mol. The predicted octanol–water partition coefficient (Wildman–Crippen LogP) is 2.14. The number of carbonyl (C=O) groups is 3. The highest BCUT2D eigenvalue weighted by Gasteiger charge is 2.19. The minimum Gasteiger partial charge on any atom is -0.476 e. The van der Waals surface area contributed by atoms with Crippen LogP contribution in [0, 0.1) is 0 Å². The Morgan fingerprint density at radius 3 is 2.38 bits per heavy atom. The van der Waals surface area contributed by atoms with Gasteiger partial charge in [-0.15, -0.1) is 11.3 Å². The smallest absolute Gasteiger partial charge is 0.356 e. The molecule has 130 valence electrons. The molecule has 0 spiro atoms. The molecule has 1 aromatic carbocycles. The number of carbonyl (C=O) groups excluding carboxylic acids is 2. The van der Waals surface area contributed by atoms with Crippen LogP contribution in [0.25, 0.3) is 0 Å². The number of anilines is 2. The lowest BCUT2D eigenvalue weighted by Crippen LogP contribution is -2.20. The normalized spacial score (nSPS) is 10.2. The maximum Gasteiger partial charge on any atom is 0.356 e. The van der Waals surface area contributed by atoms with Gasteiger partial charge in [0.2, 0.25) is 0 Å². The number of nitrogens with zero attached hydrogens (tertiary/aromatic N) is 3. The zero-order chi connectivity index (χ0) is 18.5. The van der Waals surface area contributed by atoms with Crippen molar-refractivity contribution in [3.05, 3.63) is 65.2 Å². The van der Waals surface area contributed by atoms with E-state index in [1.807, 2.05) is 0 Å². The van der Waals surface area contributed by atoms with Gasteiger partial charge in [0.25, 0.3) is 11.8 Å². The summed E-state index contributed by atoms with van der Waals surface area (Å²) in [5.41, 5.74) is -0.167. The number of aromatic carboxylic acids is 1. The van der Waals surface area contributed by atoms with Crippen LogP contribution in [0.3, 0.4) is 0 Å². The molecule has 0 unspecified atom stereocenters. The fraction of sp³-hybridized carbons (Fsp3) is 0. The van der Waals surface area contributed by atoms with E-state index < -0.39 is 17.6 Å². The van der Waals surface area contributed by atoms with Crippen LogP contribution in [0.15, 0.2) is 48.2 Å². The van der Waals surface area contributed by atoms with Crippen LogP contribution in [0.5, 0.6) is 0 Å². The van der Waals surface area contributed by atoms with Crippen LogP contribution in [0.1, 0.15) is 31.3 Å². The molecular formula is C16H11N5O4S. The molecule has 3 aromatic rings. The van der Waals surface area contributed by atoms with Crippen molar-refractivity contribution in [1.82, 2.24) is 15.0 Å². The first kappa shape index (κ1) is 17.2. The number of rotatable bonds is 5. The minimum atomic E-state index is -1.36. The van der Waals surface area contributed by atoms with Crippen molar-refractivity contribution in [3.63, 3.8) is 0 Å². The van der Waals surface area contributed by atoms with Gasteiger partial charge in [-0.05, 0) is 18.2 Å². The van der Waals surface area contributed by atoms with Gasteiger partial charge in [0.1, 0.15) is 0 Å². The molecule has 0 radical (unpaired) electrons. The number of hydrogen-bond donors (Lipinski definition) is 3. The molecule has 0 atom stereocenters. The van der Waals surface area contributed by atoms with Crippen LogP contribution in [0.2, 0.25) is 0 Å². The third-order valence-corrected chi connectivity index (χ3v) is 3.84. The number of thiazole rings is 1. The lowest BCUT2D eigenvalue weighted by molar-refractivity contribution is 0.0684. The van der Waals surface area contributed by atoms with Gasteiger partial charge in [0.05, 0.1) is 0 Å². The average Bonchev–Trinajstić information content (AvgIpc) is 3.15. The van der Waals surface area contributed by atoms with Crippen LogP contribution in [-0.2, 0) is 0 Å². The molecule has 0 aliphatic carbocycles. The standard InChI is InChI=1S/C16H11N5O4S/c22-13(21-16-19-6-7-26-16)9-2-1-3-10(8-9)20-14(23)11-12(15(24)25)18-5-4-17-11/h1-8H,(H,20,23)(H,24,25)(H,19,21,22). The monoisotopic (exact) mass is 369 g/mol. The topological polar surface area (TPSA) is 134 Å². The Labute approximate surface area is 150 Å². The zero-order valence-electron chi connectivity index (χ0n) is 13.0. The van der Waals surface area contributed by atoms with Gasteiger partial charge >= 0.3 is 5.97 Å². The van der Waals surface area contributed by atoms with Crippen molar-refractivity contribution < 1.29 is 19.5 Å². The van der Waals surface area contributed by atoms with Gasteiger partial charge in [0.15, 0.2) is 16.5 Å². The minimum absolute atomic E-state index is 0.301. The highest BCUT2D eigenvalue weighted by molar-refractivity contribution is 7.13. The van der Waals surface area contributed by atoms with E-state index in [2.05, 4.69) is 25.6 Å². The number of carboxylic acids is 1. The second-order valence-corrected chi connectivity index (χ2v) is 5.78. The summed E-state index contributed by atoms with van der Waals surface area (Å²) in [6.07, 6.45) is 3.97. The number of hydrogen-bond acceptors (Lipinski definition) is 7. The van der Waals surface area contributed by atoms with E-state index in [0.29, 0.717) is 16.4 Å². The quantitative estimate of drug-likeness (QED) is 0.627. The Bertz CT molecular complexity index is 974. The molecule has 26 heavy (non-hydrogen) atoms.